The molecule has 0 bridgehead atoms. The van der Waals surface area contributed by atoms with Gasteiger partial charge in [-0.3, -0.25) is 0 Å². The SMILES string of the molecule is CCOC(C)(C)CNS(=O)(=O)Cc1cccc(CO)c1. The van der Waals surface area contributed by atoms with E-state index in [-0.39, 0.29) is 18.9 Å². The third-order valence-corrected chi connectivity index (χ3v) is 4.08. The molecular formula is C14H23NO4S. The summed E-state index contributed by atoms with van der Waals surface area (Å²) in [5.74, 6) is -0.108. The van der Waals surface area contributed by atoms with Crippen LogP contribution in [0.3, 0.4) is 0 Å². The Morgan fingerprint density at radius 3 is 2.55 bits per heavy atom. The van der Waals surface area contributed by atoms with Gasteiger partial charge in [-0.2, -0.15) is 0 Å². The summed E-state index contributed by atoms with van der Waals surface area (Å²) < 4.78 is 32.0. The molecule has 5 nitrogen and oxygen atoms in total. The first kappa shape index (κ1) is 17.1. The standard InChI is InChI=1S/C14H23NO4S/c1-4-19-14(2,3)11-15-20(17,18)10-13-7-5-6-12(8-13)9-16/h5-8,15-16H,4,9-11H2,1-3H3. The first-order valence-corrected chi connectivity index (χ1v) is 8.23. The van der Waals surface area contributed by atoms with E-state index in [4.69, 9.17) is 9.84 Å². The van der Waals surface area contributed by atoms with Crippen LogP contribution >= 0.6 is 0 Å². The highest BCUT2D eigenvalue weighted by molar-refractivity contribution is 7.88. The first-order chi connectivity index (χ1) is 9.28. The van der Waals surface area contributed by atoms with Crippen molar-refractivity contribution in [3.8, 4) is 0 Å². The number of sulfonamides is 1. The quantitative estimate of drug-likeness (QED) is 0.761. The average Bonchev–Trinajstić information content (AvgIpc) is 2.36. The van der Waals surface area contributed by atoms with Crippen LogP contribution in [0, 0.1) is 0 Å². The molecule has 1 rings (SSSR count). The van der Waals surface area contributed by atoms with Gasteiger partial charge in [0.05, 0.1) is 18.0 Å². The molecule has 20 heavy (non-hydrogen) atoms. The summed E-state index contributed by atoms with van der Waals surface area (Å²) in [4.78, 5) is 0. The Kier molecular flexibility index (Phi) is 6.13. The van der Waals surface area contributed by atoms with E-state index >= 15 is 0 Å². The molecule has 0 spiro atoms. The third-order valence-electron chi connectivity index (χ3n) is 2.78. The topological polar surface area (TPSA) is 75.6 Å². The Labute approximate surface area is 121 Å². The molecular weight excluding hydrogens is 278 g/mol. The summed E-state index contributed by atoms with van der Waals surface area (Å²) in [6, 6.07) is 6.90. The van der Waals surface area contributed by atoms with E-state index in [1.54, 1.807) is 24.3 Å². The van der Waals surface area contributed by atoms with Crippen molar-refractivity contribution in [3.63, 3.8) is 0 Å². The lowest BCUT2D eigenvalue weighted by Crippen LogP contribution is -2.40. The van der Waals surface area contributed by atoms with Crippen molar-refractivity contribution in [3.05, 3.63) is 35.4 Å². The van der Waals surface area contributed by atoms with Crippen molar-refractivity contribution in [1.29, 1.82) is 0 Å². The van der Waals surface area contributed by atoms with Crippen molar-refractivity contribution in [2.24, 2.45) is 0 Å². The molecule has 114 valence electrons. The molecule has 0 fully saturated rings. The monoisotopic (exact) mass is 301 g/mol. The number of ether oxygens (including phenoxy) is 1. The lowest BCUT2D eigenvalue weighted by atomic mass is 10.1. The van der Waals surface area contributed by atoms with Crippen molar-refractivity contribution in [2.45, 2.75) is 38.7 Å². The molecule has 0 saturated heterocycles. The van der Waals surface area contributed by atoms with Gasteiger partial charge in [0.25, 0.3) is 0 Å². The Hall–Kier alpha value is -0.950. The van der Waals surface area contributed by atoms with Crippen LogP contribution in [0.25, 0.3) is 0 Å². The number of hydrogen-bond acceptors (Lipinski definition) is 4. The number of aliphatic hydroxyl groups excluding tert-OH is 1. The average molecular weight is 301 g/mol. The van der Waals surface area contributed by atoms with Crippen LogP contribution in [0.1, 0.15) is 31.9 Å². The number of nitrogens with one attached hydrogen (secondary N) is 1. The second-order valence-electron chi connectivity index (χ2n) is 5.25. The zero-order valence-corrected chi connectivity index (χ0v) is 13.0. The second-order valence-corrected chi connectivity index (χ2v) is 7.06. The van der Waals surface area contributed by atoms with E-state index in [0.29, 0.717) is 17.7 Å². The summed E-state index contributed by atoms with van der Waals surface area (Å²) in [7, 11) is -3.42. The first-order valence-electron chi connectivity index (χ1n) is 6.58. The van der Waals surface area contributed by atoms with Gasteiger partial charge in [0.15, 0.2) is 0 Å². The van der Waals surface area contributed by atoms with Gasteiger partial charge in [0.2, 0.25) is 10.0 Å². The smallest absolute Gasteiger partial charge is 0.215 e. The Morgan fingerprint density at radius 2 is 1.95 bits per heavy atom. The van der Waals surface area contributed by atoms with Gasteiger partial charge >= 0.3 is 0 Å². The van der Waals surface area contributed by atoms with Gasteiger partial charge in [-0.15, -0.1) is 0 Å². The molecule has 0 saturated carbocycles. The number of benzene rings is 1. The number of hydrogen-bond donors (Lipinski definition) is 2. The normalized spacial score (nSPS) is 12.6. The van der Waals surface area contributed by atoms with Gasteiger partial charge in [-0.1, -0.05) is 24.3 Å². The van der Waals surface area contributed by atoms with Crippen LogP contribution < -0.4 is 4.72 Å². The third kappa shape index (κ3) is 6.00. The zero-order valence-electron chi connectivity index (χ0n) is 12.2. The van der Waals surface area contributed by atoms with Crippen molar-refractivity contribution in [1.82, 2.24) is 4.72 Å². The molecule has 0 unspecified atom stereocenters. The van der Waals surface area contributed by atoms with E-state index in [2.05, 4.69) is 4.72 Å². The summed E-state index contributed by atoms with van der Waals surface area (Å²) >= 11 is 0. The molecule has 0 heterocycles. The van der Waals surface area contributed by atoms with E-state index in [9.17, 15) is 8.42 Å². The largest absolute Gasteiger partial charge is 0.392 e. The summed E-state index contributed by atoms with van der Waals surface area (Å²) in [6.45, 7) is 6.21. The van der Waals surface area contributed by atoms with Crippen molar-refractivity contribution < 1.29 is 18.3 Å². The Morgan fingerprint density at radius 1 is 1.30 bits per heavy atom. The highest BCUT2D eigenvalue weighted by Gasteiger charge is 2.21. The van der Waals surface area contributed by atoms with Gasteiger partial charge in [0, 0.05) is 13.2 Å². The number of rotatable bonds is 8. The molecule has 2 N–H and O–H groups in total. The van der Waals surface area contributed by atoms with Gasteiger partial charge in [0.1, 0.15) is 0 Å². The summed E-state index contributed by atoms with van der Waals surface area (Å²) in [6.07, 6.45) is 0. The Bertz CT molecular complexity index is 526. The zero-order chi connectivity index (χ0) is 15.2. The van der Waals surface area contributed by atoms with E-state index in [1.165, 1.54) is 0 Å². The minimum atomic E-state index is -3.42. The maximum absolute atomic E-state index is 12.0. The molecule has 0 aliphatic rings. The highest BCUT2D eigenvalue weighted by atomic mass is 32.2. The van der Waals surface area contributed by atoms with Crippen LogP contribution in [0.5, 0.6) is 0 Å². The van der Waals surface area contributed by atoms with Crippen molar-refractivity contribution >= 4 is 10.0 Å². The fraction of sp³-hybridized carbons (Fsp3) is 0.571. The molecule has 1 aromatic carbocycles. The van der Waals surface area contributed by atoms with E-state index in [1.807, 2.05) is 20.8 Å². The van der Waals surface area contributed by atoms with Crippen LogP contribution in [0.2, 0.25) is 0 Å². The maximum atomic E-state index is 12.0. The second kappa shape index (κ2) is 7.17. The van der Waals surface area contributed by atoms with Gasteiger partial charge in [-0.25, -0.2) is 13.1 Å². The van der Waals surface area contributed by atoms with Crippen molar-refractivity contribution in [2.75, 3.05) is 13.2 Å². The molecule has 6 heteroatoms. The minimum Gasteiger partial charge on any atom is -0.392 e. The fourth-order valence-electron chi connectivity index (χ4n) is 1.81. The minimum absolute atomic E-state index is 0.0985. The van der Waals surface area contributed by atoms with Crippen LogP contribution in [0.15, 0.2) is 24.3 Å². The van der Waals surface area contributed by atoms with Crippen LogP contribution in [0.4, 0.5) is 0 Å². The van der Waals surface area contributed by atoms with Crippen LogP contribution in [-0.2, 0) is 27.1 Å². The predicted octanol–water partition coefficient (Wildman–Crippen LogP) is 1.41. The van der Waals surface area contributed by atoms with Crippen LogP contribution in [-0.4, -0.2) is 32.3 Å². The summed E-state index contributed by atoms with van der Waals surface area (Å²) in [5.41, 5.74) is 0.819. The predicted molar refractivity (Wildman–Crippen MR) is 78.7 cm³/mol. The molecule has 0 aromatic heterocycles. The highest BCUT2D eigenvalue weighted by Crippen LogP contribution is 2.11. The molecule has 0 aliphatic carbocycles. The molecule has 0 radical (unpaired) electrons. The Balaban J connectivity index is 2.65. The lowest BCUT2D eigenvalue weighted by molar-refractivity contribution is -0.00515. The lowest BCUT2D eigenvalue weighted by Gasteiger charge is -2.24. The molecule has 0 aliphatic heterocycles. The van der Waals surface area contributed by atoms with E-state index < -0.39 is 15.6 Å². The molecule has 1 aromatic rings. The van der Waals surface area contributed by atoms with E-state index in [0.717, 1.165) is 0 Å². The summed E-state index contributed by atoms with van der Waals surface area (Å²) in [5, 5.41) is 9.05. The number of aliphatic hydroxyl groups is 1. The molecule has 0 atom stereocenters. The maximum Gasteiger partial charge on any atom is 0.215 e. The van der Waals surface area contributed by atoms with Gasteiger partial charge in [-0.05, 0) is 31.9 Å². The fourth-order valence-corrected chi connectivity index (χ4v) is 3.10. The molecule has 0 amide bonds. The van der Waals surface area contributed by atoms with Gasteiger partial charge < -0.3 is 9.84 Å².